The Kier molecular flexibility index (Phi) is 17.4. The Morgan fingerprint density at radius 2 is 1.19 bits per heavy atom. The van der Waals surface area contributed by atoms with E-state index >= 15 is 0 Å². The van der Waals surface area contributed by atoms with Crippen molar-refractivity contribution in [2.24, 2.45) is 23.7 Å². The molecule has 0 radical (unpaired) electrons. The molecule has 4 fully saturated rings. The summed E-state index contributed by atoms with van der Waals surface area (Å²) in [5.41, 5.74) is 10.0. The first-order valence-corrected chi connectivity index (χ1v) is 29.5. The lowest BCUT2D eigenvalue weighted by Gasteiger charge is -2.32. The second kappa shape index (κ2) is 24.4. The summed E-state index contributed by atoms with van der Waals surface area (Å²) >= 11 is 7.69. The van der Waals surface area contributed by atoms with Crippen molar-refractivity contribution in [1.82, 2.24) is 30.4 Å². The molecule has 8 nitrogen and oxygen atoms in total. The molecule has 4 atom stereocenters. The molecule has 2 aliphatic carbocycles. The van der Waals surface area contributed by atoms with Crippen LogP contribution in [0.5, 0.6) is 0 Å². The second-order valence-electron chi connectivity index (χ2n) is 22.4. The summed E-state index contributed by atoms with van der Waals surface area (Å²) in [4.78, 5) is 28.2. The van der Waals surface area contributed by atoms with Crippen molar-refractivity contribution in [2.45, 2.75) is 147 Å². The number of aromatic nitrogens is 2. The molecule has 72 heavy (non-hydrogen) atoms. The molecule has 2 saturated carbocycles. The van der Waals surface area contributed by atoms with Crippen LogP contribution >= 0.6 is 31.9 Å². The number of hydrogen-bond donors (Lipinski definition) is 4. The fraction of sp³-hybridized carbons (Fsp3) is 0.516. The number of benzene rings is 4. The maximum atomic E-state index is 14.2. The third kappa shape index (κ3) is 12.8. The van der Waals surface area contributed by atoms with Gasteiger partial charge in [0, 0.05) is 93.5 Å². The highest BCUT2D eigenvalue weighted by atomic mass is 79.9. The third-order valence-corrected chi connectivity index (χ3v) is 18.3. The standard InChI is InChI=1S/C62H78Br2N6O2/c1-42-9-7-15-47(31-42)53(36-61(71)67-30-23-43-21-26-65-27-22-43)58-41-70(60-20-18-51(64)35-56(58)60)39-49-14-6-5-13-46(49)32-45-12-8-16-48(33-45)54(37-62(72)68-52-24-28-66-29-25-52)57-40-69(38-44-10-3-2-4-11-44)59-19-17-50(63)34-55(57)59/h7-9,12,15-20,31,33-35,40-41,43-44,46,49,52-54,65-66H,2-6,10-11,13-14,21-30,32,36-39H2,1H3,(H,67,71)(H,68,72). The van der Waals surface area contributed by atoms with Crippen LogP contribution in [0.2, 0.25) is 0 Å². The van der Waals surface area contributed by atoms with E-state index in [4.69, 9.17) is 0 Å². The minimum Gasteiger partial charge on any atom is -0.356 e. The molecule has 0 spiro atoms. The SMILES string of the molecule is Cc1cccc(C(CC(=O)NCCC2CCNCC2)c2cn(CC3CCCCC3Cc3cccc(C(CC(=O)NC4CCNCC4)c4cn(CC5CCCCC5)c5ccc(Br)cc45)c3)c3ccc(Br)cc23)c1. The van der Waals surface area contributed by atoms with Gasteiger partial charge in [0.1, 0.15) is 0 Å². The minimum atomic E-state index is -0.0694. The van der Waals surface area contributed by atoms with Crippen molar-refractivity contribution < 1.29 is 9.59 Å². The molecule has 382 valence electrons. The predicted molar refractivity (Wildman–Crippen MR) is 303 cm³/mol. The summed E-state index contributed by atoms with van der Waals surface area (Å²) < 4.78 is 7.19. The fourth-order valence-corrected chi connectivity index (χ4v) is 14.1. The summed E-state index contributed by atoms with van der Waals surface area (Å²) in [7, 11) is 0. The van der Waals surface area contributed by atoms with Gasteiger partial charge in [-0.15, -0.1) is 0 Å². The summed E-state index contributed by atoms with van der Waals surface area (Å²) in [5, 5.41) is 16.2. The van der Waals surface area contributed by atoms with Gasteiger partial charge in [-0.1, -0.05) is 118 Å². The van der Waals surface area contributed by atoms with E-state index in [-0.39, 0.29) is 29.7 Å². The number of carbonyl (C=O) groups excluding carboxylic acids is 2. The molecule has 6 aromatic rings. The van der Waals surface area contributed by atoms with E-state index in [1.807, 2.05) is 0 Å². The predicted octanol–water partition coefficient (Wildman–Crippen LogP) is 13.5. The Hall–Kier alpha value is -4.22. The Labute approximate surface area is 445 Å². The number of amides is 2. The van der Waals surface area contributed by atoms with E-state index in [0.717, 1.165) is 80.4 Å². The van der Waals surface area contributed by atoms with Crippen LogP contribution in [0.15, 0.2) is 106 Å². The van der Waals surface area contributed by atoms with Gasteiger partial charge in [-0.25, -0.2) is 0 Å². The van der Waals surface area contributed by atoms with Crippen LogP contribution in [-0.2, 0) is 29.1 Å². The van der Waals surface area contributed by atoms with Gasteiger partial charge in [-0.05, 0) is 185 Å². The van der Waals surface area contributed by atoms with E-state index < -0.39 is 0 Å². The molecule has 10 rings (SSSR count). The lowest BCUT2D eigenvalue weighted by molar-refractivity contribution is -0.122. The molecule has 2 aromatic heterocycles. The third-order valence-electron chi connectivity index (χ3n) is 17.3. The zero-order chi connectivity index (χ0) is 49.4. The molecular weight excluding hydrogens is 1020 g/mol. The van der Waals surface area contributed by atoms with Gasteiger partial charge in [-0.2, -0.15) is 0 Å². The van der Waals surface area contributed by atoms with Crippen LogP contribution in [0, 0.1) is 30.6 Å². The molecule has 10 heteroatoms. The average Bonchev–Trinajstić information content (AvgIpc) is 3.92. The first-order valence-electron chi connectivity index (χ1n) is 27.9. The van der Waals surface area contributed by atoms with Crippen LogP contribution in [0.4, 0.5) is 0 Å². The number of rotatable bonds is 18. The van der Waals surface area contributed by atoms with Crippen molar-refractivity contribution in [1.29, 1.82) is 0 Å². The van der Waals surface area contributed by atoms with Crippen LogP contribution in [0.3, 0.4) is 0 Å². The maximum absolute atomic E-state index is 14.2. The molecular formula is C62H78Br2N6O2. The van der Waals surface area contributed by atoms with E-state index in [1.165, 1.54) is 126 Å². The van der Waals surface area contributed by atoms with Crippen molar-refractivity contribution in [3.8, 4) is 0 Å². The molecule has 2 amide bonds. The largest absolute Gasteiger partial charge is 0.356 e. The number of nitrogens with one attached hydrogen (secondary N) is 4. The number of halogens is 2. The lowest BCUT2D eigenvalue weighted by Crippen LogP contribution is -2.43. The van der Waals surface area contributed by atoms with Gasteiger partial charge in [0.05, 0.1) is 0 Å². The van der Waals surface area contributed by atoms with Crippen molar-refractivity contribution in [3.05, 3.63) is 140 Å². The molecule has 2 saturated heterocycles. The van der Waals surface area contributed by atoms with Gasteiger partial charge in [-0.3, -0.25) is 9.59 Å². The summed E-state index contributed by atoms with van der Waals surface area (Å²) in [6.07, 6.45) is 23.6. The smallest absolute Gasteiger partial charge is 0.221 e. The van der Waals surface area contributed by atoms with Crippen LogP contribution in [-0.4, -0.2) is 59.7 Å². The second-order valence-corrected chi connectivity index (χ2v) is 24.2. The fourth-order valence-electron chi connectivity index (χ4n) is 13.4. The van der Waals surface area contributed by atoms with Crippen molar-refractivity contribution in [2.75, 3.05) is 32.7 Å². The first kappa shape index (κ1) is 51.3. The van der Waals surface area contributed by atoms with Crippen molar-refractivity contribution in [3.63, 3.8) is 0 Å². The zero-order valence-corrected chi connectivity index (χ0v) is 45.9. The molecule has 4 heterocycles. The van der Waals surface area contributed by atoms with E-state index in [2.05, 4.69) is 167 Å². The molecule has 4 N–H and O–H groups in total. The molecule has 4 unspecified atom stereocenters. The molecule has 0 bridgehead atoms. The highest BCUT2D eigenvalue weighted by molar-refractivity contribution is 9.10. The van der Waals surface area contributed by atoms with E-state index in [1.54, 1.807) is 0 Å². The highest BCUT2D eigenvalue weighted by Crippen LogP contribution is 2.42. The van der Waals surface area contributed by atoms with Crippen LogP contribution in [0.1, 0.15) is 148 Å². The Bertz CT molecular complexity index is 2780. The minimum absolute atomic E-state index is 0.0659. The topological polar surface area (TPSA) is 92.1 Å². The number of piperidine rings is 2. The number of carbonyl (C=O) groups is 2. The van der Waals surface area contributed by atoms with Gasteiger partial charge < -0.3 is 30.4 Å². The molecule has 2 aliphatic heterocycles. The summed E-state index contributed by atoms with van der Waals surface area (Å²) in [5.74, 6) is 2.55. The number of aryl methyl sites for hydroxylation is 1. The zero-order valence-electron chi connectivity index (χ0n) is 42.7. The summed E-state index contributed by atoms with van der Waals surface area (Å²) in [6, 6.07) is 31.8. The Balaban J connectivity index is 0.924. The van der Waals surface area contributed by atoms with Crippen LogP contribution in [0.25, 0.3) is 21.8 Å². The molecule has 4 aromatic carbocycles. The highest BCUT2D eigenvalue weighted by Gasteiger charge is 2.31. The first-order chi connectivity index (χ1) is 35.2. The molecule has 4 aliphatic rings. The average molecular weight is 1100 g/mol. The number of hydrogen-bond acceptors (Lipinski definition) is 4. The quantitative estimate of drug-likeness (QED) is 0.0690. The number of fused-ring (bicyclic) bond motifs is 2. The van der Waals surface area contributed by atoms with Gasteiger partial charge in [0.15, 0.2) is 0 Å². The van der Waals surface area contributed by atoms with Gasteiger partial charge in [0.2, 0.25) is 11.8 Å². The Morgan fingerprint density at radius 1 is 0.611 bits per heavy atom. The Morgan fingerprint density at radius 3 is 1.86 bits per heavy atom. The maximum Gasteiger partial charge on any atom is 0.221 e. The van der Waals surface area contributed by atoms with Crippen LogP contribution < -0.4 is 21.3 Å². The monoisotopic (exact) mass is 1100 g/mol. The van der Waals surface area contributed by atoms with E-state index in [9.17, 15) is 9.59 Å². The normalized spacial score (nSPS) is 20.4. The van der Waals surface area contributed by atoms with Gasteiger partial charge in [0.25, 0.3) is 0 Å². The number of nitrogens with zero attached hydrogens (tertiary/aromatic N) is 2. The summed E-state index contributed by atoms with van der Waals surface area (Å²) in [6.45, 7) is 8.93. The van der Waals surface area contributed by atoms with Crippen molar-refractivity contribution >= 4 is 65.5 Å². The van der Waals surface area contributed by atoms with E-state index in [0.29, 0.717) is 36.5 Å². The van der Waals surface area contributed by atoms with Gasteiger partial charge >= 0.3 is 0 Å². The lowest BCUT2D eigenvalue weighted by atomic mass is 9.75.